The van der Waals surface area contributed by atoms with Crippen LogP contribution in [0.1, 0.15) is 22.3 Å². The molecule has 2 N–H and O–H groups in total. The topological polar surface area (TPSA) is 49.3 Å². The lowest BCUT2D eigenvalue weighted by atomic mass is 10.1. The Kier molecular flexibility index (Phi) is 4.66. The largest absolute Gasteiger partial charge is 0.478 e. The standard InChI is InChI=1S/C12H14FNO2/c1-2-3-6-14-8-10-7-9(12(15)16)4-5-11(10)13/h2,4-5,7,14H,1,3,6,8H2,(H,15,16). The Bertz CT molecular complexity index is 391. The first-order chi connectivity index (χ1) is 7.65. The lowest BCUT2D eigenvalue weighted by Crippen LogP contribution is -2.15. The number of halogens is 1. The third-order valence-electron chi connectivity index (χ3n) is 2.13. The minimum Gasteiger partial charge on any atom is -0.478 e. The van der Waals surface area contributed by atoms with Crippen LogP contribution in [0.2, 0.25) is 0 Å². The van der Waals surface area contributed by atoms with Gasteiger partial charge in [-0.3, -0.25) is 0 Å². The third-order valence-corrected chi connectivity index (χ3v) is 2.13. The summed E-state index contributed by atoms with van der Waals surface area (Å²) in [5.74, 6) is -1.44. The average molecular weight is 223 g/mol. The summed E-state index contributed by atoms with van der Waals surface area (Å²) in [6.45, 7) is 4.58. The molecule has 86 valence electrons. The molecule has 1 aromatic carbocycles. The zero-order valence-electron chi connectivity index (χ0n) is 8.87. The monoisotopic (exact) mass is 223 g/mol. The van der Waals surface area contributed by atoms with E-state index in [4.69, 9.17) is 5.11 Å². The van der Waals surface area contributed by atoms with Gasteiger partial charge in [0.25, 0.3) is 0 Å². The SMILES string of the molecule is C=CCCNCc1cc(C(=O)O)ccc1F. The van der Waals surface area contributed by atoms with E-state index in [-0.39, 0.29) is 5.56 Å². The number of rotatable bonds is 6. The lowest BCUT2D eigenvalue weighted by Gasteiger charge is -2.05. The highest BCUT2D eigenvalue weighted by Crippen LogP contribution is 2.10. The molecule has 0 spiro atoms. The first kappa shape index (κ1) is 12.4. The van der Waals surface area contributed by atoms with Gasteiger partial charge in [0.2, 0.25) is 0 Å². The van der Waals surface area contributed by atoms with E-state index < -0.39 is 11.8 Å². The van der Waals surface area contributed by atoms with Crippen LogP contribution in [-0.2, 0) is 6.54 Å². The fraction of sp³-hybridized carbons (Fsp3) is 0.250. The van der Waals surface area contributed by atoms with Crippen molar-refractivity contribution in [2.24, 2.45) is 0 Å². The molecular formula is C12H14FNO2. The summed E-state index contributed by atoms with van der Waals surface area (Å²) in [4.78, 5) is 10.7. The second-order valence-corrected chi connectivity index (χ2v) is 3.37. The Morgan fingerprint density at radius 1 is 1.56 bits per heavy atom. The molecule has 0 fully saturated rings. The van der Waals surface area contributed by atoms with Crippen LogP contribution >= 0.6 is 0 Å². The van der Waals surface area contributed by atoms with Gasteiger partial charge in [-0.15, -0.1) is 6.58 Å². The Morgan fingerprint density at radius 2 is 2.31 bits per heavy atom. The number of nitrogens with one attached hydrogen (secondary N) is 1. The smallest absolute Gasteiger partial charge is 0.335 e. The van der Waals surface area contributed by atoms with Gasteiger partial charge in [0.1, 0.15) is 5.82 Å². The van der Waals surface area contributed by atoms with E-state index in [2.05, 4.69) is 11.9 Å². The fourth-order valence-corrected chi connectivity index (χ4v) is 1.27. The Balaban J connectivity index is 2.66. The number of carboxylic acids is 1. The Hall–Kier alpha value is -1.68. The molecule has 0 saturated heterocycles. The summed E-state index contributed by atoms with van der Waals surface area (Å²) in [6, 6.07) is 3.78. The van der Waals surface area contributed by atoms with Crippen molar-refractivity contribution < 1.29 is 14.3 Å². The molecule has 0 aliphatic heterocycles. The van der Waals surface area contributed by atoms with Gasteiger partial charge in [-0.25, -0.2) is 9.18 Å². The first-order valence-electron chi connectivity index (χ1n) is 4.98. The fourth-order valence-electron chi connectivity index (χ4n) is 1.27. The summed E-state index contributed by atoms with van der Waals surface area (Å²) in [5, 5.41) is 11.8. The molecule has 0 amide bonds. The molecule has 0 unspecified atom stereocenters. The van der Waals surface area contributed by atoms with Crippen molar-refractivity contribution in [2.45, 2.75) is 13.0 Å². The molecule has 3 nitrogen and oxygen atoms in total. The molecule has 0 aliphatic carbocycles. The van der Waals surface area contributed by atoms with Crippen molar-refractivity contribution in [3.63, 3.8) is 0 Å². The molecule has 0 aliphatic rings. The van der Waals surface area contributed by atoms with Gasteiger partial charge >= 0.3 is 5.97 Å². The maximum Gasteiger partial charge on any atom is 0.335 e. The van der Waals surface area contributed by atoms with Crippen LogP contribution in [0.25, 0.3) is 0 Å². The van der Waals surface area contributed by atoms with Gasteiger partial charge in [0.05, 0.1) is 5.56 Å². The van der Waals surface area contributed by atoms with Crippen molar-refractivity contribution in [1.82, 2.24) is 5.32 Å². The number of carboxylic acid groups (broad SMARTS) is 1. The van der Waals surface area contributed by atoms with Gasteiger partial charge in [-0.1, -0.05) is 6.08 Å². The molecule has 0 saturated carbocycles. The van der Waals surface area contributed by atoms with E-state index in [1.165, 1.54) is 18.2 Å². The van der Waals surface area contributed by atoms with Crippen LogP contribution in [0.3, 0.4) is 0 Å². The molecule has 4 heteroatoms. The molecule has 0 bridgehead atoms. The average Bonchev–Trinajstić information content (AvgIpc) is 2.26. The minimum absolute atomic E-state index is 0.0990. The highest BCUT2D eigenvalue weighted by Gasteiger charge is 2.07. The summed E-state index contributed by atoms with van der Waals surface area (Å²) in [6.07, 6.45) is 2.55. The number of aromatic carboxylic acids is 1. The lowest BCUT2D eigenvalue weighted by molar-refractivity contribution is 0.0696. The van der Waals surface area contributed by atoms with Crippen molar-refractivity contribution in [1.29, 1.82) is 0 Å². The maximum atomic E-state index is 13.3. The van der Waals surface area contributed by atoms with Crippen molar-refractivity contribution in [3.05, 3.63) is 47.8 Å². The molecule has 0 radical (unpaired) electrons. The quantitative estimate of drug-likeness (QED) is 0.574. The van der Waals surface area contributed by atoms with Gasteiger partial charge in [-0.2, -0.15) is 0 Å². The molecule has 0 atom stereocenters. The third kappa shape index (κ3) is 3.47. The van der Waals surface area contributed by atoms with Crippen molar-refractivity contribution in [3.8, 4) is 0 Å². The molecule has 0 heterocycles. The number of benzene rings is 1. The van der Waals surface area contributed by atoms with Crippen LogP contribution < -0.4 is 5.32 Å². The second-order valence-electron chi connectivity index (χ2n) is 3.37. The molecular weight excluding hydrogens is 209 g/mol. The van der Waals surface area contributed by atoms with Gasteiger partial charge < -0.3 is 10.4 Å². The number of hydrogen-bond acceptors (Lipinski definition) is 2. The number of carbonyl (C=O) groups is 1. The van der Waals surface area contributed by atoms with E-state index in [0.717, 1.165) is 6.42 Å². The Labute approximate surface area is 93.6 Å². The molecule has 1 aromatic rings. The Morgan fingerprint density at radius 3 is 2.94 bits per heavy atom. The zero-order chi connectivity index (χ0) is 12.0. The summed E-state index contributed by atoms with van der Waals surface area (Å²) in [7, 11) is 0. The van der Waals surface area contributed by atoms with Gasteiger partial charge in [0.15, 0.2) is 0 Å². The summed E-state index contributed by atoms with van der Waals surface area (Å²) < 4.78 is 13.3. The van der Waals surface area contributed by atoms with Crippen LogP contribution in [0.5, 0.6) is 0 Å². The predicted octanol–water partition coefficient (Wildman–Crippen LogP) is 2.19. The van der Waals surface area contributed by atoms with Crippen LogP contribution in [0.4, 0.5) is 4.39 Å². The van der Waals surface area contributed by atoms with Crippen molar-refractivity contribution >= 4 is 5.97 Å². The predicted molar refractivity (Wildman–Crippen MR) is 59.9 cm³/mol. The van der Waals surface area contributed by atoms with E-state index in [9.17, 15) is 9.18 Å². The minimum atomic E-state index is -1.05. The van der Waals surface area contributed by atoms with Crippen molar-refractivity contribution in [2.75, 3.05) is 6.54 Å². The van der Waals surface area contributed by atoms with Crippen LogP contribution in [0.15, 0.2) is 30.9 Å². The normalized spacial score (nSPS) is 10.1. The van der Waals surface area contributed by atoms with E-state index in [1.807, 2.05) is 0 Å². The van der Waals surface area contributed by atoms with Crippen LogP contribution in [0, 0.1) is 5.82 Å². The van der Waals surface area contributed by atoms with E-state index in [1.54, 1.807) is 6.08 Å². The van der Waals surface area contributed by atoms with Gasteiger partial charge in [0, 0.05) is 12.1 Å². The highest BCUT2D eigenvalue weighted by atomic mass is 19.1. The van der Waals surface area contributed by atoms with E-state index in [0.29, 0.717) is 18.7 Å². The number of hydrogen-bond donors (Lipinski definition) is 2. The summed E-state index contributed by atoms with van der Waals surface area (Å²) >= 11 is 0. The zero-order valence-corrected chi connectivity index (χ0v) is 8.87. The first-order valence-corrected chi connectivity index (χ1v) is 4.98. The summed E-state index contributed by atoms with van der Waals surface area (Å²) in [5.41, 5.74) is 0.464. The highest BCUT2D eigenvalue weighted by molar-refractivity contribution is 5.87. The molecule has 1 rings (SSSR count). The van der Waals surface area contributed by atoms with Crippen LogP contribution in [-0.4, -0.2) is 17.6 Å². The van der Waals surface area contributed by atoms with Gasteiger partial charge in [-0.05, 0) is 31.2 Å². The second kappa shape index (κ2) is 6.02. The maximum absolute atomic E-state index is 13.3. The molecule has 16 heavy (non-hydrogen) atoms. The van der Waals surface area contributed by atoms with E-state index >= 15 is 0 Å². The molecule has 0 aromatic heterocycles.